The van der Waals surface area contributed by atoms with Crippen molar-refractivity contribution in [2.75, 3.05) is 0 Å². The molecule has 0 aliphatic heterocycles. The van der Waals surface area contributed by atoms with Crippen LogP contribution in [-0.2, 0) is 91.1 Å². The van der Waals surface area contributed by atoms with Crippen molar-refractivity contribution in [1.82, 2.24) is 0 Å². The summed E-state index contributed by atoms with van der Waals surface area (Å²) in [5.74, 6) is 0. The molecule has 0 amide bonds. The zero-order chi connectivity index (χ0) is 43.2. The Morgan fingerprint density at radius 1 is 0.255 bits per heavy atom. The Morgan fingerprint density at radius 3 is 0.545 bits per heavy atom. The van der Waals surface area contributed by atoms with Gasteiger partial charge in [-0.05, 0) is 26.1 Å². The fourth-order valence-electron chi connectivity index (χ4n) is 4.61. The topological polar surface area (TPSA) is 489 Å². The van der Waals surface area contributed by atoms with E-state index in [9.17, 15) is 117 Å². The molecule has 0 spiro atoms. The molecule has 0 heterocycles. The van der Waals surface area contributed by atoms with E-state index in [1.54, 1.807) is 0 Å². The van der Waals surface area contributed by atoms with E-state index in [2.05, 4.69) is 0 Å². The Labute approximate surface area is 310 Å². The molecule has 0 saturated carbocycles. The molecule has 0 aliphatic rings. The molecule has 0 bridgehead atoms. The molecule has 37 heteroatoms. The van der Waals surface area contributed by atoms with Gasteiger partial charge in [0, 0.05) is 15.9 Å². The quantitative estimate of drug-likeness (QED) is 0.0633. The molecule has 55 heavy (non-hydrogen) atoms. The second-order valence-corrected chi connectivity index (χ2v) is 24.3. The van der Waals surface area contributed by atoms with E-state index in [1.807, 2.05) is 0 Å². The summed E-state index contributed by atoms with van der Waals surface area (Å²) in [6.07, 6.45) is 0. The predicted octanol–water partition coefficient (Wildman–Crippen LogP) is -3.33. The minimum Gasteiger partial charge on any atom is -0.282 e. The minimum absolute atomic E-state index is 0.165. The van der Waals surface area contributed by atoms with Gasteiger partial charge in [-0.1, -0.05) is 18.2 Å². The van der Waals surface area contributed by atoms with E-state index in [0.29, 0.717) is 0 Å². The zero-order valence-electron chi connectivity index (χ0n) is 25.0. The van der Waals surface area contributed by atoms with Crippen LogP contribution in [0.1, 0.15) is 0 Å². The van der Waals surface area contributed by atoms with E-state index >= 15 is 0 Å². The molecular formula is C18H15O27PS9. The maximum absolute atomic E-state index is 12.8. The third-order valence-electron chi connectivity index (χ3n) is 6.27. The molecular weight excluding hydrogens is 968 g/mol. The molecule has 0 atom stereocenters. The van der Waals surface area contributed by atoms with E-state index < -0.39 is 159 Å². The fraction of sp³-hybridized carbons (Fsp3) is 0. The number of hydrogen-bond acceptors (Lipinski definition) is 18. The monoisotopic (exact) mass is 982 g/mol. The SMILES string of the molecule is O=S(=O)(O)c1ccc(P(c2ccc(S(=O)(=O)O)c(S(=O)(=O)O)c2S(=O)(=O)O)c2ccc(S(=O)(=O)O)c(S(=O)(=O)O)c2S(=O)(=O)O)c(S(=O)(=O)O)c1S(=O)(=O)O. The summed E-state index contributed by atoms with van der Waals surface area (Å²) in [7, 11) is -62.6. The highest BCUT2D eigenvalue weighted by atomic mass is 32.3. The summed E-state index contributed by atoms with van der Waals surface area (Å²) >= 11 is 0. The molecule has 0 aromatic heterocycles. The molecule has 0 aliphatic carbocycles. The van der Waals surface area contributed by atoms with E-state index in [1.165, 1.54) is 0 Å². The van der Waals surface area contributed by atoms with Crippen molar-refractivity contribution in [3.63, 3.8) is 0 Å². The van der Waals surface area contributed by atoms with Crippen molar-refractivity contribution >= 4 is 115 Å². The van der Waals surface area contributed by atoms with Crippen molar-refractivity contribution in [3.05, 3.63) is 36.4 Å². The maximum Gasteiger partial charge on any atom is 0.297 e. The number of rotatable bonds is 12. The third kappa shape index (κ3) is 9.54. The molecule has 27 nitrogen and oxygen atoms in total. The van der Waals surface area contributed by atoms with E-state index in [4.69, 9.17) is 0 Å². The fourth-order valence-corrected chi connectivity index (χ4v) is 18.8. The Hall–Kier alpha value is -2.72. The Morgan fingerprint density at radius 2 is 0.418 bits per heavy atom. The summed E-state index contributed by atoms with van der Waals surface area (Å²) < 4.78 is 313. The zero-order valence-corrected chi connectivity index (χ0v) is 33.2. The summed E-state index contributed by atoms with van der Waals surface area (Å²) in [4.78, 5) is -22.4. The van der Waals surface area contributed by atoms with Crippen LogP contribution in [0.4, 0.5) is 0 Å². The van der Waals surface area contributed by atoms with Crippen LogP contribution in [0.15, 0.2) is 80.5 Å². The molecule has 3 rings (SSSR count). The first-order valence-corrected chi connectivity index (χ1v) is 26.4. The van der Waals surface area contributed by atoms with Crippen LogP contribution < -0.4 is 15.9 Å². The summed E-state index contributed by atoms with van der Waals surface area (Å²) in [5, 5.41) is -5.85. The summed E-state index contributed by atoms with van der Waals surface area (Å²) in [6, 6.07) is -1.23. The second-order valence-electron chi connectivity index (χ2n) is 9.83. The van der Waals surface area contributed by atoms with E-state index in [0.717, 1.165) is 0 Å². The van der Waals surface area contributed by atoms with Crippen molar-refractivity contribution in [1.29, 1.82) is 0 Å². The molecule has 0 unspecified atom stereocenters. The van der Waals surface area contributed by atoms with Crippen molar-refractivity contribution in [3.8, 4) is 0 Å². The van der Waals surface area contributed by atoms with Crippen LogP contribution in [-0.4, -0.2) is 117 Å². The van der Waals surface area contributed by atoms with Crippen LogP contribution >= 0.6 is 7.92 Å². The van der Waals surface area contributed by atoms with Crippen LogP contribution in [0.25, 0.3) is 0 Å². The predicted molar refractivity (Wildman–Crippen MR) is 173 cm³/mol. The number of benzene rings is 3. The van der Waals surface area contributed by atoms with Crippen molar-refractivity contribution < 1.29 is 117 Å². The molecule has 3 aromatic rings. The summed E-state index contributed by atoms with van der Waals surface area (Å²) in [5.41, 5.74) is 0. The average Bonchev–Trinajstić information content (AvgIpc) is 2.91. The first-order valence-electron chi connectivity index (χ1n) is 12.1. The number of hydrogen-bond donors (Lipinski definition) is 9. The lowest BCUT2D eigenvalue weighted by molar-refractivity contribution is 0.456. The third-order valence-corrected chi connectivity index (χ3v) is 18.4. The van der Waals surface area contributed by atoms with Gasteiger partial charge in [-0.25, -0.2) is 0 Å². The van der Waals surface area contributed by atoms with Gasteiger partial charge in [-0.2, -0.15) is 75.8 Å². The largest absolute Gasteiger partial charge is 0.297 e. The van der Waals surface area contributed by atoms with Gasteiger partial charge in [0.15, 0.2) is 0 Å². The van der Waals surface area contributed by atoms with Crippen molar-refractivity contribution in [2.45, 2.75) is 44.1 Å². The molecule has 3 aromatic carbocycles. The lowest BCUT2D eigenvalue weighted by Gasteiger charge is -2.27. The molecule has 0 radical (unpaired) electrons. The van der Waals surface area contributed by atoms with Gasteiger partial charge in [0.25, 0.3) is 91.1 Å². The Bertz CT molecular complexity index is 2890. The van der Waals surface area contributed by atoms with Gasteiger partial charge in [0.1, 0.15) is 44.1 Å². The first-order chi connectivity index (χ1) is 24.0. The van der Waals surface area contributed by atoms with E-state index in [-0.39, 0.29) is 36.4 Å². The Kier molecular flexibility index (Phi) is 11.9. The first kappa shape index (κ1) is 46.7. The highest BCUT2D eigenvalue weighted by Gasteiger charge is 2.45. The molecule has 0 fully saturated rings. The van der Waals surface area contributed by atoms with Gasteiger partial charge >= 0.3 is 0 Å². The van der Waals surface area contributed by atoms with Crippen LogP contribution in [0.5, 0.6) is 0 Å². The summed E-state index contributed by atoms with van der Waals surface area (Å²) in [6.45, 7) is 0. The van der Waals surface area contributed by atoms with Crippen LogP contribution in [0.2, 0.25) is 0 Å². The van der Waals surface area contributed by atoms with Gasteiger partial charge < -0.3 is 0 Å². The molecule has 9 N–H and O–H groups in total. The second kappa shape index (κ2) is 14.0. The average molecular weight is 983 g/mol. The lowest BCUT2D eigenvalue weighted by Crippen LogP contribution is -2.34. The lowest BCUT2D eigenvalue weighted by atomic mass is 10.3. The maximum atomic E-state index is 12.8. The van der Waals surface area contributed by atoms with Crippen LogP contribution in [0, 0.1) is 0 Å². The standard InChI is InChI=1S/C18H15O27PS9/c19-47(20,21)10-4-1-7(13(50(28,29)30)16(10)53(37,38)39)46(8-2-5-11(48(22,23)24)17(54(40,41)42)14(8)51(31,32)33)9-3-6-12(49(25,26)27)18(55(43,44)45)15(9)52(34,35)36/h1-6H,(H,19,20,21)(H,22,23,24)(H,25,26,27)(H,28,29,30)(H,31,32,33)(H,34,35,36)(H,37,38,39)(H,40,41,42)(H,43,44,45). The van der Waals surface area contributed by atoms with Crippen molar-refractivity contribution in [2.24, 2.45) is 0 Å². The minimum atomic E-state index is -6.66. The normalized spacial score (nSPS) is 14.3. The van der Waals surface area contributed by atoms with Gasteiger partial charge in [-0.15, -0.1) is 0 Å². The Balaban J connectivity index is 3.18. The van der Waals surface area contributed by atoms with Gasteiger partial charge in [0.05, 0.1) is 0 Å². The molecule has 308 valence electrons. The molecule has 0 saturated heterocycles. The van der Waals surface area contributed by atoms with Gasteiger partial charge in [-0.3, -0.25) is 41.0 Å². The smallest absolute Gasteiger partial charge is 0.282 e. The van der Waals surface area contributed by atoms with Crippen LogP contribution in [0.3, 0.4) is 0 Å². The van der Waals surface area contributed by atoms with Gasteiger partial charge in [0.2, 0.25) is 0 Å². The highest BCUT2D eigenvalue weighted by Crippen LogP contribution is 2.46. The highest BCUT2D eigenvalue weighted by molar-refractivity contribution is 7.94.